The first kappa shape index (κ1) is 15.5. The normalized spacial score (nSPS) is 15.6. The van der Waals surface area contributed by atoms with E-state index >= 15 is 0 Å². The molecular formula is C18H21N3O2. The highest BCUT2D eigenvalue weighted by Gasteiger charge is 2.19. The molecule has 3 rings (SSSR count). The van der Waals surface area contributed by atoms with Gasteiger partial charge in [-0.2, -0.15) is 0 Å². The first-order valence-corrected chi connectivity index (χ1v) is 7.88. The van der Waals surface area contributed by atoms with Crippen LogP contribution in [0, 0.1) is 10.1 Å². The van der Waals surface area contributed by atoms with Gasteiger partial charge in [-0.15, -0.1) is 0 Å². The maximum atomic E-state index is 11.3. The van der Waals surface area contributed by atoms with E-state index in [9.17, 15) is 10.1 Å². The number of rotatable bonds is 4. The third kappa shape index (κ3) is 3.68. The molecule has 0 N–H and O–H groups in total. The van der Waals surface area contributed by atoms with Crippen LogP contribution in [-0.4, -0.2) is 43.0 Å². The van der Waals surface area contributed by atoms with Crippen LogP contribution in [0.2, 0.25) is 0 Å². The highest BCUT2D eigenvalue weighted by atomic mass is 16.6. The van der Waals surface area contributed by atoms with E-state index in [1.54, 1.807) is 6.07 Å². The van der Waals surface area contributed by atoms with Gasteiger partial charge in [-0.05, 0) is 24.7 Å². The number of likely N-dealkylation sites (N-methyl/N-ethyl adjacent to an activating group) is 1. The van der Waals surface area contributed by atoms with Crippen molar-refractivity contribution in [3.05, 3.63) is 69.8 Å². The van der Waals surface area contributed by atoms with Gasteiger partial charge < -0.3 is 9.80 Å². The lowest BCUT2D eigenvalue weighted by Gasteiger charge is -2.34. The van der Waals surface area contributed by atoms with E-state index in [2.05, 4.69) is 16.8 Å². The van der Waals surface area contributed by atoms with Crippen molar-refractivity contribution in [2.75, 3.05) is 38.1 Å². The first-order valence-electron chi connectivity index (χ1n) is 7.88. The summed E-state index contributed by atoms with van der Waals surface area (Å²) in [5.41, 5.74) is 3.14. The van der Waals surface area contributed by atoms with Crippen LogP contribution in [-0.2, 0) is 6.42 Å². The van der Waals surface area contributed by atoms with Gasteiger partial charge in [0, 0.05) is 49.9 Å². The number of hydrogen-bond donors (Lipinski definition) is 0. The lowest BCUT2D eigenvalue weighted by molar-refractivity contribution is -0.385. The second-order valence-electron chi connectivity index (χ2n) is 6.02. The maximum absolute atomic E-state index is 11.3. The van der Waals surface area contributed by atoms with Crippen molar-refractivity contribution >= 4 is 11.4 Å². The van der Waals surface area contributed by atoms with E-state index in [1.807, 2.05) is 42.5 Å². The Kier molecular flexibility index (Phi) is 4.57. The van der Waals surface area contributed by atoms with Crippen LogP contribution in [0.4, 0.5) is 11.4 Å². The van der Waals surface area contributed by atoms with Crippen LogP contribution in [0.1, 0.15) is 11.1 Å². The molecule has 1 heterocycles. The number of nitro groups is 1. The van der Waals surface area contributed by atoms with Crippen molar-refractivity contribution < 1.29 is 4.92 Å². The zero-order valence-electron chi connectivity index (χ0n) is 13.3. The Morgan fingerprint density at radius 3 is 2.39 bits per heavy atom. The number of hydrogen-bond acceptors (Lipinski definition) is 4. The lowest BCUT2D eigenvalue weighted by Crippen LogP contribution is -2.44. The summed E-state index contributed by atoms with van der Waals surface area (Å²) < 4.78 is 0. The molecule has 1 aliphatic heterocycles. The number of benzene rings is 2. The largest absolute Gasteiger partial charge is 0.369 e. The van der Waals surface area contributed by atoms with E-state index in [0.29, 0.717) is 6.42 Å². The predicted molar refractivity (Wildman–Crippen MR) is 92.1 cm³/mol. The Morgan fingerprint density at radius 2 is 1.74 bits per heavy atom. The fraction of sp³-hybridized carbons (Fsp3) is 0.333. The SMILES string of the molecule is CN1CCN(c2ccc([N+](=O)[O-])c(Cc3ccccc3)c2)CC1. The third-order valence-electron chi connectivity index (χ3n) is 4.37. The molecule has 0 saturated carbocycles. The minimum absolute atomic E-state index is 0.201. The van der Waals surface area contributed by atoms with Gasteiger partial charge in [-0.1, -0.05) is 30.3 Å². The molecule has 0 aromatic heterocycles. The summed E-state index contributed by atoms with van der Waals surface area (Å²) in [5, 5.41) is 11.3. The standard InChI is InChI=1S/C18H21N3O2/c1-19-9-11-20(12-10-19)17-7-8-18(21(22)23)16(14-17)13-15-5-3-2-4-6-15/h2-8,14H,9-13H2,1H3. The summed E-state index contributed by atoms with van der Waals surface area (Å²) >= 11 is 0. The zero-order chi connectivity index (χ0) is 16.2. The summed E-state index contributed by atoms with van der Waals surface area (Å²) in [5.74, 6) is 0. The quantitative estimate of drug-likeness (QED) is 0.643. The highest BCUT2D eigenvalue weighted by Crippen LogP contribution is 2.27. The monoisotopic (exact) mass is 311 g/mol. The molecule has 0 bridgehead atoms. The van der Waals surface area contributed by atoms with Gasteiger partial charge in [-0.25, -0.2) is 0 Å². The minimum Gasteiger partial charge on any atom is -0.369 e. The van der Waals surface area contributed by atoms with E-state index < -0.39 is 0 Å². The van der Waals surface area contributed by atoms with Crippen LogP contribution < -0.4 is 4.90 Å². The molecular weight excluding hydrogens is 290 g/mol. The Balaban J connectivity index is 1.89. The first-order chi connectivity index (χ1) is 11.1. The van der Waals surface area contributed by atoms with E-state index in [-0.39, 0.29) is 10.6 Å². The highest BCUT2D eigenvalue weighted by molar-refractivity contribution is 5.57. The van der Waals surface area contributed by atoms with Gasteiger partial charge in [0.1, 0.15) is 0 Å². The van der Waals surface area contributed by atoms with Crippen LogP contribution in [0.15, 0.2) is 48.5 Å². The fourth-order valence-electron chi connectivity index (χ4n) is 2.97. The number of anilines is 1. The average Bonchev–Trinajstić information content (AvgIpc) is 2.56. The molecule has 0 spiro atoms. The number of nitro benzene ring substituents is 1. The maximum Gasteiger partial charge on any atom is 0.273 e. The summed E-state index contributed by atoms with van der Waals surface area (Å²) in [6.07, 6.45) is 0.582. The van der Waals surface area contributed by atoms with Gasteiger partial charge >= 0.3 is 0 Å². The molecule has 0 atom stereocenters. The Hall–Kier alpha value is -2.40. The summed E-state index contributed by atoms with van der Waals surface area (Å²) in [6, 6.07) is 15.4. The second-order valence-corrected chi connectivity index (χ2v) is 6.02. The molecule has 120 valence electrons. The molecule has 23 heavy (non-hydrogen) atoms. The van der Waals surface area contributed by atoms with Crippen LogP contribution in [0.25, 0.3) is 0 Å². The average molecular weight is 311 g/mol. The molecule has 1 saturated heterocycles. The molecule has 0 aliphatic carbocycles. The summed E-state index contributed by atoms with van der Waals surface area (Å²) in [6.45, 7) is 3.95. The molecule has 0 unspecified atom stereocenters. The Morgan fingerprint density at radius 1 is 1.04 bits per heavy atom. The zero-order valence-corrected chi connectivity index (χ0v) is 13.3. The van der Waals surface area contributed by atoms with Crippen molar-refractivity contribution in [2.45, 2.75) is 6.42 Å². The minimum atomic E-state index is -0.286. The molecule has 2 aromatic carbocycles. The molecule has 1 aliphatic rings. The van der Waals surface area contributed by atoms with Gasteiger partial charge in [0.05, 0.1) is 4.92 Å². The van der Waals surface area contributed by atoms with Crippen molar-refractivity contribution in [3.63, 3.8) is 0 Å². The molecule has 0 radical (unpaired) electrons. The van der Waals surface area contributed by atoms with Gasteiger partial charge in [0.15, 0.2) is 0 Å². The Labute approximate surface area is 136 Å². The molecule has 2 aromatic rings. The van der Waals surface area contributed by atoms with Crippen LogP contribution in [0.3, 0.4) is 0 Å². The molecule has 0 amide bonds. The van der Waals surface area contributed by atoms with Crippen molar-refractivity contribution in [1.29, 1.82) is 0 Å². The second kappa shape index (κ2) is 6.79. The predicted octanol–water partition coefficient (Wildman–Crippen LogP) is 2.94. The topological polar surface area (TPSA) is 49.6 Å². The van der Waals surface area contributed by atoms with Crippen molar-refractivity contribution in [2.24, 2.45) is 0 Å². The fourth-order valence-corrected chi connectivity index (χ4v) is 2.97. The Bertz CT molecular complexity index is 680. The van der Waals surface area contributed by atoms with E-state index in [1.165, 1.54) is 0 Å². The van der Waals surface area contributed by atoms with Crippen LogP contribution in [0.5, 0.6) is 0 Å². The smallest absolute Gasteiger partial charge is 0.273 e. The van der Waals surface area contributed by atoms with Gasteiger partial charge in [-0.3, -0.25) is 10.1 Å². The number of nitrogens with zero attached hydrogens (tertiary/aromatic N) is 3. The molecule has 5 heteroatoms. The van der Waals surface area contributed by atoms with E-state index in [0.717, 1.165) is 43.0 Å². The summed E-state index contributed by atoms with van der Waals surface area (Å²) in [7, 11) is 2.12. The lowest BCUT2D eigenvalue weighted by atomic mass is 10.0. The third-order valence-corrected chi connectivity index (χ3v) is 4.37. The van der Waals surface area contributed by atoms with Crippen molar-refractivity contribution in [1.82, 2.24) is 4.90 Å². The van der Waals surface area contributed by atoms with Gasteiger partial charge in [0.25, 0.3) is 5.69 Å². The van der Waals surface area contributed by atoms with Crippen molar-refractivity contribution in [3.8, 4) is 0 Å². The number of piperazine rings is 1. The van der Waals surface area contributed by atoms with Gasteiger partial charge in [0.2, 0.25) is 0 Å². The van der Waals surface area contributed by atoms with E-state index in [4.69, 9.17) is 0 Å². The summed E-state index contributed by atoms with van der Waals surface area (Å²) in [4.78, 5) is 15.6. The molecule has 5 nitrogen and oxygen atoms in total. The van der Waals surface area contributed by atoms with Crippen LogP contribution >= 0.6 is 0 Å². The molecule has 1 fully saturated rings.